The van der Waals surface area contributed by atoms with Crippen molar-refractivity contribution in [2.75, 3.05) is 0 Å². The molecule has 7 heteroatoms. The van der Waals surface area contributed by atoms with Gasteiger partial charge >= 0.3 is 8.08 Å². The second kappa shape index (κ2) is 5.10. The highest BCUT2D eigenvalue weighted by atomic mass is 29.3. The molecule has 1 saturated heterocycles. The van der Waals surface area contributed by atoms with Crippen molar-refractivity contribution < 1.29 is 17.8 Å². The van der Waals surface area contributed by atoms with E-state index in [1.807, 2.05) is 0 Å². The summed E-state index contributed by atoms with van der Waals surface area (Å²) < 4.78 is 18.6. The zero-order valence-electron chi connectivity index (χ0n) is 13.5. The van der Waals surface area contributed by atoms with Gasteiger partial charge in [-0.2, -0.15) is 0 Å². The van der Waals surface area contributed by atoms with Gasteiger partial charge in [-0.05, 0) is 53.0 Å². The number of carbonyl (C=O) groups is 1. The van der Waals surface area contributed by atoms with Crippen molar-refractivity contribution in [3.63, 3.8) is 0 Å². The molecule has 0 N–H and O–H groups in total. The molecule has 0 aromatic rings. The van der Waals surface area contributed by atoms with Gasteiger partial charge in [0.25, 0.3) is 13.8 Å². The van der Waals surface area contributed by atoms with Crippen molar-refractivity contribution in [2.24, 2.45) is 0 Å². The Bertz CT molecular complexity index is 362. The monoisotopic (exact) mass is 320 g/mol. The van der Waals surface area contributed by atoms with E-state index in [0.29, 0.717) is 0 Å². The highest BCUT2D eigenvalue weighted by Crippen LogP contribution is 2.41. The first kappa shape index (κ1) is 17.1. The number of hydrogen-bond acceptors (Lipinski definition) is 4. The van der Waals surface area contributed by atoms with Crippen LogP contribution in [0.25, 0.3) is 0 Å². The third-order valence-electron chi connectivity index (χ3n) is 3.28. The zero-order valence-corrected chi connectivity index (χ0v) is 16.5. The summed E-state index contributed by atoms with van der Waals surface area (Å²) in [7, 11) is -6.52. The number of carbonyl (C=O) groups excluding carboxylic acids is 1. The van der Waals surface area contributed by atoms with E-state index in [1.54, 1.807) is 0 Å². The summed E-state index contributed by atoms with van der Waals surface area (Å²) in [6.45, 7) is 16.4. The van der Waals surface area contributed by atoms with Crippen LogP contribution in [0.2, 0.25) is 38.8 Å². The average Bonchev–Trinajstić information content (AvgIpc) is 2.06. The lowest BCUT2D eigenvalue weighted by Crippen LogP contribution is -2.73. The van der Waals surface area contributed by atoms with Gasteiger partial charge in [0.15, 0.2) is 8.32 Å². The highest BCUT2D eigenvalue weighted by Gasteiger charge is 2.63. The molecule has 4 nitrogen and oxygen atoms in total. The summed E-state index contributed by atoms with van der Waals surface area (Å²) in [5.41, 5.74) is -0.130. The Morgan fingerprint density at radius 1 is 1.26 bits per heavy atom. The van der Waals surface area contributed by atoms with E-state index in [4.69, 9.17) is 13.0 Å². The summed E-state index contributed by atoms with van der Waals surface area (Å²) >= 11 is 0. The van der Waals surface area contributed by atoms with Crippen LogP contribution in [0.3, 0.4) is 0 Å². The Kier molecular flexibility index (Phi) is 4.59. The molecule has 0 aromatic heterocycles. The summed E-state index contributed by atoms with van der Waals surface area (Å²) in [5.74, 6) is -0.228. The van der Waals surface area contributed by atoms with Crippen molar-refractivity contribution in [1.82, 2.24) is 0 Å². The Morgan fingerprint density at radius 3 is 2.16 bits per heavy atom. The van der Waals surface area contributed by atoms with E-state index in [9.17, 15) is 4.79 Å². The lowest BCUT2D eigenvalue weighted by molar-refractivity contribution is -0.133. The van der Waals surface area contributed by atoms with Crippen LogP contribution in [0.15, 0.2) is 0 Å². The van der Waals surface area contributed by atoms with Gasteiger partial charge in [0.1, 0.15) is 0 Å². The van der Waals surface area contributed by atoms with Gasteiger partial charge in [0.05, 0.1) is 5.60 Å². The van der Waals surface area contributed by atoms with Gasteiger partial charge in [-0.15, -0.1) is 0 Å². The fourth-order valence-electron chi connectivity index (χ4n) is 2.68. The Labute approximate surface area is 120 Å². The molecule has 0 aliphatic carbocycles. The molecule has 1 unspecified atom stereocenters. The van der Waals surface area contributed by atoms with Crippen LogP contribution in [-0.2, 0) is 17.8 Å². The van der Waals surface area contributed by atoms with Crippen molar-refractivity contribution in [3.8, 4) is 0 Å². The molecule has 0 amide bonds. The zero-order chi connectivity index (χ0) is 15.1. The molecule has 19 heavy (non-hydrogen) atoms. The minimum atomic E-state index is -2.57. The van der Waals surface area contributed by atoms with Gasteiger partial charge in [-0.25, -0.2) is 0 Å². The molecule has 1 rings (SSSR count). The van der Waals surface area contributed by atoms with Gasteiger partial charge in [0, 0.05) is 13.0 Å². The fraction of sp³-hybridized carbons (Fsp3) is 0.917. The van der Waals surface area contributed by atoms with E-state index in [-0.39, 0.29) is 11.6 Å². The molecule has 1 aliphatic heterocycles. The lowest BCUT2D eigenvalue weighted by atomic mass is 10.1. The molecule has 0 bridgehead atoms. The molecule has 0 aromatic carbocycles. The Hall–Kier alpha value is 0.0406. The van der Waals surface area contributed by atoms with Gasteiger partial charge < -0.3 is 13.0 Å². The minimum absolute atomic E-state index is 0.130. The number of rotatable bonds is 3. The van der Waals surface area contributed by atoms with E-state index in [1.165, 1.54) is 6.92 Å². The van der Waals surface area contributed by atoms with Crippen LogP contribution in [0, 0.1) is 0 Å². The van der Waals surface area contributed by atoms with E-state index >= 15 is 0 Å². The third kappa shape index (κ3) is 4.25. The maximum absolute atomic E-state index is 11.6. The molecule has 1 heterocycles. The van der Waals surface area contributed by atoms with Crippen LogP contribution in [0.5, 0.6) is 0 Å². The van der Waals surface area contributed by atoms with Crippen LogP contribution < -0.4 is 0 Å². The first-order valence-electron chi connectivity index (χ1n) is 6.89. The summed E-state index contributed by atoms with van der Waals surface area (Å²) in [4.78, 5) is 11.6. The minimum Gasteiger partial charge on any atom is -0.496 e. The summed E-state index contributed by atoms with van der Waals surface area (Å²) in [5, 5.41) is 0. The van der Waals surface area contributed by atoms with E-state index < -0.39 is 24.2 Å². The van der Waals surface area contributed by atoms with Crippen LogP contribution in [0.1, 0.15) is 27.2 Å². The van der Waals surface area contributed by atoms with E-state index in [0.717, 1.165) is 12.5 Å². The number of hydrogen-bond donors (Lipinski definition) is 0. The first-order valence-corrected chi connectivity index (χ1v) is 16.2. The van der Waals surface area contributed by atoms with Crippen molar-refractivity contribution in [3.05, 3.63) is 0 Å². The van der Waals surface area contributed by atoms with Gasteiger partial charge in [0.2, 0.25) is 0 Å². The predicted octanol–water partition coefficient (Wildman–Crippen LogP) is 3.33. The second-order valence-corrected chi connectivity index (χ2v) is 23.8. The molecule has 0 radical (unpaired) electrons. The van der Waals surface area contributed by atoms with Crippen LogP contribution in [0.4, 0.5) is 0 Å². The maximum Gasteiger partial charge on any atom is 0.398 e. The van der Waals surface area contributed by atoms with Crippen molar-refractivity contribution in [2.45, 2.75) is 71.6 Å². The quantitative estimate of drug-likeness (QED) is 0.748. The normalized spacial score (nSPS) is 29.9. The topological polar surface area (TPSA) is 44.8 Å². The maximum atomic E-state index is 11.6. The van der Waals surface area contributed by atoms with E-state index in [2.05, 4.69) is 46.6 Å². The summed E-state index contributed by atoms with van der Waals surface area (Å²) in [6, 6.07) is 0.864. The van der Waals surface area contributed by atoms with Crippen molar-refractivity contribution >= 4 is 30.2 Å². The van der Waals surface area contributed by atoms with Crippen LogP contribution in [-0.4, -0.2) is 35.8 Å². The predicted molar refractivity (Wildman–Crippen MR) is 84.0 cm³/mol. The molecule has 1 fully saturated rings. The lowest BCUT2D eigenvalue weighted by Gasteiger charge is -2.51. The SMILES string of the molecule is CC(=O)O[Si]1(O[Si](C)(C)C)CCC(C)(C)O[Si]1(C)C. The Morgan fingerprint density at radius 2 is 1.79 bits per heavy atom. The summed E-state index contributed by atoms with van der Waals surface area (Å²) in [6.07, 6.45) is 0.896. The van der Waals surface area contributed by atoms with Crippen molar-refractivity contribution in [1.29, 1.82) is 0 Å². The average molecular weight is 321 g/mol. The molecule has 112 valence electrons. The molecule has 1 atom stereocenters. The second-order valence-electron chi connectivity index (χ2n) is 7.43. The molecule has 1 aliphatic rings. The molecule has 0 spiro atoms. The Balaban J connectivity index is 3.13. The molecular weight excluding hydrogens is 292 g/mol. The third-order valence-corrected chi connectivity index (χ3v) is 19.3. The smallest absolute Gasteiger partial charge is 0.398 e. The van der Waals surface area contributed by atoms with Crippen LogP contribution >= 0.6 is 0 Å². The largest absolute Gasteiger partial charge is 0.496 e. The first-order chi connectivity index (χ1) is 8.29. The van der Waals surface area contributed by atoms with Gasteiger partial charge in [-0.1, -0.05) is 0 Å². The molecule has 0 saturated carbocycles. The van der Waals surface area contributed by atoms with Gasteiger partial charge in [-0.3, -0.25) is 4.79 Å². The molecular formula is C12H28O4Si3. The standard InChI is InChI=1S/C12H28O4Si3/c1-11(13)14-19(16-17(4,5)6)10-9-12(2,3)15-18(19,7)8/h9-10H2,1-8H3. The fourth-order valence-corrected chi connectivity index (χ4v) is 21.8. The highest BCUT2D eigenvalue weighted by molar-refractivity contribution is 7.35.